The second-order valence-corrected chi connectivity index (χ2v) is 11.1. The molecule has 0 spiro atoms. The lowest BCUT2D eigenvalue weighted by atomic mass is 9.95. The van der Waals surface area contributed by atoms with E-state index in [1.807, 2.05) is 0 Å². The minimum atomic E-state index is -1.97. The Morgan fingerprint density at radius 1 is 0.419 bits per heavy atom. The zero-order valence-corrected chi connectivity index (χ0v) is 23.2. The van der Waals surface area contributed by atoms with Gasteiger partial charge in [0.2, 0.25) is 0 Å². The van der Waals surface area contributed by atoms with Crippen LogP contribution in [0.5, 0.6) is 0 Å². The first-order chi connectivity index (χ1) is 20.2. The molecule has 4 rings (SSSR count). The molecular weight excluding hydrogens is 592 g/mol. The van der Waals surface area contributed by atoms with Gasteiger partial charge >= 0.3 is 0 Å². The Balaban J connectivity index is 1.62. The Morgan fingerprint density at radius 2 is 0.884 bits per heavy atom. The largest absolute Gasteiger partial charge is 0.394 e. The van der Waals surface area contributed by atoms with Gasteiger partial charge in [0.25, 0.3) is 0 Å². The predicted octanol–water partition coefficient (Wildman–Crippen LogP) is -7.69. The Kier molecular flexibility index (Phi) is 11.7. The van der Waals surface area contributed by atoms with Gasteiger partial charge in [0.1, 0.15) is 85.5 Å². The average Bonchev–Trinajstić information content (AvgIpc) is 2.98. The molecule has 4 fully saturated rings. The maximum Gasteiger partial charge on any atom is 0.187 e. The molecule has 19 nitrogen and oxygen atoms in total. The fourth-order valence-corrected chi connectivity index (χ4v) is 5.40. The molecule has 0 aromatic carbocycles. The third-order valence-electron chi connectivity index (χ3n) is 8.13. The van der Waals surface area contributed by atoms with Crippen molar-refractivity contribution in [1.82, 2.24) is 0 Å². The highest BCUT2D eigenvalue weighted by Gasteiger charge is 2.55. The van der Waals surface area contributed by atoms with Gasteiger partial charge in [-0.25, -0.2) is 0 Å². The molecular formula is C24H42O19. The van der Waals surface area contributed by atoms with Crippen LogP contribution in [0.2, 0.25) is 0 Å². The summed E-state index contributed by atoms with van der Waals surface area (Å²) in [6, 6.07) is 0. The van der Waals surface area contributed by atoms with Crippen LogP contribution in [0, 0.1) is 0 Å². The number of rotatable bonds is 8. The fraction of sp³-hybridized carbons (Fsp3) is 1.00. The molecule has 4 heterocycles. The minimum Gasteiger partial charge on any atom is -0.394 e. The highest BCUT2D eigenvalue weighted by molar-refractivity contribution is 4.97. The predicted molar refractivity (Wildman–Crippen MR) is 131 cm³/mol. The highest BCUT2D eigenvalue weighted by Crippen LogP contribution is 2.35. The normalized spacial score (nSPS) is 54.8. The topological polar surface area (TPSA) is 307 Å². The van der Waals surface area contributed by atoms with E-state index >= 15 is 0 Å². The minimum absolute atomic E-state index is 0.832. The summed E-state index contributed by atoms with van der Waals surface area (Å²) >= 11 is 0. The first kappa shape index (κ1) is 35.1. The molecule has 4 saturated heterocycles. The molecule has 0 saturated carbocycles. The van der Waals surface area contributed by atoms with Gasteiger partial charge < -0.3 is 94.4 Å². The van der Waals surface area contributed by atoms with Gasteiger partial charge in [-0.1, -0.05) is 0 Å². The summed E-state index contributed by atoms with van der Waals surface area (Å²) in [7, 11) is 0. The Labute approximate surface area is 244 Å². The van der Waals surface area contributed by atoms with Crippen LogP contribution < -0.4 is 0 Å². The fourth-order valence-electron chi connectivity index (χ4n) is 5.40. The second kappa shape index (κ2) is 14.3. The molecule has 0 bridgehead atoms. The molecule has 12 N–H and O–H groups in total. The van der Waals surface area contributed by atoms with Crippen molar-refractivity contribution in [3.63, 3.8) is 0 Å². The van der Waals surface area contributed by atoms with Crippen LogP contribution in [0.3, 0.4) is 0 Å². The quantitative estimate of drug-likeness (QED) is 0.118. The number of aliphatic hydroxyl groups is 12. The van der Waals surface area contributed by atoms with E-state index in [9.17, 15) is 61.3 Å². The van der Waals surface area contributed by atoms with E-state index in [4.69, 9.17) is 33.2 Å². The highest BCUT2D eigenvalue weighted by atomic mass is 16.8. The van der Waals surface area contributed by atoms with Crippen LogP contribution in [-0.2, 0) is 33.2 Å². The zero-order valence-electron chi connectivity index (χ0n) is 23.2. The Hall–Kier alpha value is -0.760. The smallest absolute Gasteiger partial charge is 0.187 e. The second-order valence-electron chi connectivity index (χ2n) is 11.1. The van der Waals surface area contributed by atoms with Crippen molar-refractivity contribution < 1.29 is 94.4 Å². The van der Waals surface area contributed by atoms with Gasteiger partial charge in [-0.05, 0) is 13.8 Å². The molecule has 9 unspecified atom stereocenters. The lowest BCUT2D eigenvalue weighted by molar-refractivity contribution is -0.398. The summed E-state index contributed by atoms with van der Waals surface area (Å²) in [5.41, 5.74) is 0. The molecule has 0 radical (unpaired) electrons. The van der Waals surface area contributed by atoms with Crippen molar-refractivity contribution in [2.24, 2.45) is 0 Å². The van der Waals surface area contributed by atoms with E-state index in [2.05, 4.69) is 0 Å². The lowest BCUT2D eigenvalue weighted by Crippen LogP contribution is -2.67. The molecule has 19 heteroatoms. The van der Waals surface area contributed by atoms with Gasteiger partial charge in [0, 0.05) is 0 Å². The van der Waals surface area contributed by atoms with Crippen molar-refractivity contribution in [2.75, 3.05) is 13.2 Å². The van der Waals surface area contributed by atoms with Crippen LogP contribution in [0.4, 0.5) is 0 Å². The summed E-state index contributed by atoms with van der Waals surface area (Å²) < 4.78 is 38.9. The van der Waals surface area contributed by atoms with Crippen LogP contribution in [0.15, 0.2) is 0 Å². The van der Waals surface area contributed by atoms with E-state index in [1.54, 1.807) is 0 Å². The number of aliphatic hydroxyl groups excluding tert-OH is 12. The molecule has 0 amide bonds. The molecule has 4 aliphatic heterocycles. The summed E-state index contributed by atoms with van der Waals surface area (Å²) in [5, 5.41) is 123. The molecule has 252 valence electrons. The van der Waals surface area contributed by atoms with Crippen LogP contribution >= 0.6 is 0 Å². The molecule has 0 aromatic heterocycles. The SMILES string of the molecule is CC1O[C@@H](OC2[C@H](O)C(O)OC(CO)[C@H]2O[C@@H]2O[C@@H](CO)[C@H](O)C(O)C2O[C@H]2O[C@H](C)[C@H](O)C(O)C2O)[C@@H](O)C(O)[C@@H]1O. The summed E-state index contributed by atoms with van der Waals surface area (Å²) in [6.07, 6.45) is -33.2. The zero-order chi connectivity index (χ0) is 31.9. The third-order valence-corrected chi connectivity index (χ3v) is 8.13. The van der Waals surface area contributed by atoms with Gasteiger partial charge in [-0.15, -0.1) is 0 Å². The van der Waals surface area contributed by atoms with Crippen LogP contribution in [0.25, 0.3) is 0 Å². The lowest BCUT2D eigenvalue weighted by Gasteiger charge is -2.49. The van der Waals surface area contributed by atoms with E-state index in [1.165, 1.54) is 13.8 Å². The molecule has 20 atom stereocenters. The Morgan fingerprint density at radius 3 is 1.37 bits per heavy atom. The average molecular weight is 635 g/mol. The molecule has 0 aromatic rings. The first-order valence-electron chi connectivity index (χ1n) is 13.8. The van der Waals surface area contributed by atoms with Crippen molar-refractivity contribution in [3.05, 3.63) is 0 Å². The first-order valence-corrected chi connectivity index (χ1v) is 13.8. The standard InChI is InChI=1S/C24H42O19/c1-5-9(27)12(30)15(33)22(37-5)42-19-17(35)21(36)39-8(4-26)18(19)41-24-20(14(32)11(29)7(3-25)40-24)43-23-16(34)13(31)10(28)6(2)38-23/h5-36H,3-4H2,1-2H3/t5?,6-,7+,8?,9-,10+,11+,12?,13?,14?,15+,16?,17+,18-,19?,20?,21?,22+,23-,24+/m1/s1. The van der Waals surface area contributed by atoms with Crippen molar-refractivity contribution >= 4 is 0 Å². The van der Waals surface area contributed by atoms with E-state index < -0.39 is 136 Å². The molecule has 0 aliphatic carbocycles. The Bertz CT molecular complexity index is 886. The van der Waals surface area contributed by atoms with E-state index in [-0.39, 0.29) is 0 Å². The molecule has 4 aliphatic rings. The van der Waals surface area contributed by atoms with Gasteiger partial charge in [-0.3, -0.25) is 0 Å². The summed E-state index contributed by atoms with van der Waals surface area (Å²) in [5.74, 6) is 0. The molecule has 43 heavy (non-hydrogen) atoms. The number of hydrogen-bond acceptors (Lipinski definition) is 19. The monoisotopic (exact) mass is 634 g/mol. The van der Waals surface area contributed by atoms with Crippen molar-refractivity contribution in [3.8, 4) is 0 Å². The number of ether oxygens (including phenoxy) is 7. The van der Waals surface area contributed by atoms with Crippen LogP contribution in [0.1, 0.15) is 13.8 Å². The van der Waals surface area contributed by atoms with Gasteiger partial charge in [-0.2, -0.15) is 0 Å². The maximum absolute atomic E-state index is 10.9. The van der Waals surface area contributed by atoms with Crippen molar-refractivity contribution in [1.29, 1.82) is 0 Å². The van der Waals surface area contributed by atoms with E-state index in [0.717, 1.165) is 0 Å². The van der Waals surface area contributed by atoms with Gasteiger partial charge in [0.15, 0.2) is 25.2 Å². The van der Waals surface area contributed by atoms with Crippen molar-refractivity contribution in [2.45, 2.75) is 137 Å². The summed E-state index contributed by atoms with van der Waals surface area (Å²) in [6.45, 7) is 1.04. The third kappa shape index (κ3) is 7.00. The van der Waals surface area contributed by atoms with E-state index in [0.29, 0.717) is 0 Å². The van der Waals surface area contributed by atoms with Gasteiger partial charge in [0.05, 0.1) is 25.4 Å². The summed E-state index contributed by atoms with van der Waals surface area (Å²) in [4.78, 5) is 0. The maximum atomic E-state index is 10.9. The van der Waals surface area contributed by atoms with Crippen LogP contribution in [-0.4, -0.2) is 197 Å². The number of hydrogen-bond donors (Lipinski definition) is 12.